The summed E-state index contributed by atoms with van der Waals surface area (Å²) in [5, 5.41) is 8.61. The van der Waals surface area contributed by atoms with Crippen LogP contribution in [0, 0.1) is 0 Å². The van der Waals surface area contributed by atoms with E-state index in [4.69, 9.17) is 23.8 Å². The van der Waals surface area contributed by atoms with E-state index in [1.807, 2.05) is 29.6 Å². The van der Waals surface area contributed by atoms with Gasteiger partial charge in [-0.05, 0) is 48.6 Å². The van der Waals surface area contributed by atoms with E-state index >= 15 is 0 Å². The standard InChI is InChI=1S/C16H16ClN3OS2/c17-11-5-3-6-12(14(11)20-8-1-2-9-20)18-16(22)19-15(21)13-7-4-10-23-13/h3-7,10H,1-2,8-9H2,(H2,18,19,21,22). The van der Waals surface area contributed by atoms with Crippen molar-refractivity contribution in [3.05, 3.63) is 45.6 Å². The van der Waals surface area contributed by atoms with Crippen LogP contribution in [0.25, 0.3) is 0 Å². The molecule has 0 unspecified atom stereocenters. The summed E-state index contributed by atoms with van der Waals surface area (Å²) in [6, 6.07) is 9.25. The Morgan fingerprint density at radius 1 is 1.22 bits per heavy atom. The number of nitrogens with zero attached hydrogens (tertiary/aromatic N) is 1. The van der Waals surface area contributed by atoms with Gasteiger partial charge < -0.3 is 10.2 Å². The topological polar surface area (TPSA) is 44.4 Å². The Bertz CT molecular complexity index is 712. The van der Waals surface area contributed by atoms with Crippen molar-refractivity contribution < 1.29 is 4.79 Å². The fourth-order valence-corrected chi connectivity index (χ4v) is 3.72. The molecule has 0 bridgehead atoms. The maximum absolute atomic E-state index is 12.0. The molecular weight excluding hydrogens is 350 g/mol. The third kappa shape index (κ3) is 3.83. The van der Waals surface area contributed by atoms with Crippen LogP contribution < -0.4 is 15.5 Å². The Kier molecular flexibility index (Phi) is 5.15. The molecule has 0 radical (unpaired) electrons. The Morgan fingerprint density at radius 2 is 2.00 bits per heavy atom. The number of hydrogen-bond acceptors (Lipinski definition) is 4. The average Bonchev–Trinajstić information content (AvgIpc) is 3.21. The predicted octanol–water partition coefficient (Wildman–Crippen LogP) is 4.13. The van der Waals surface area contributed by atoms with Gasteiger partial charge >= 0.3 is 0 Å². The summed E-state index contributed by atoms with van der Waals surface area (Å²) in [4.78, 5) is 14.9. The van der Waals surface area contributed by atoms with Gasteiger partial charge in [0.25, 0.3) is 5.91 Å². The Hall–Kier alpha value is -1.63. The van der Waals surface area contributed by atoms with E-state index < -0.39 is 0 Å². The minimum Gasteiger partial charge on any atom is -0.369 e. The molecule has 4 nitrogen and oxygen atoms in total. The Morgan fingerprint density at radius 3 is 2.70 bits per heavy atom. The van der Waals surface area contributed by atoms with Gasteiger partial charge in [-0.1, -0.05) is 23.7 Å². The molecule has 23 heavy (non-hydrogen) atoms. The highest BCUT2D eigenvalue weighted by molar-refractivity contribution is 7.80. The molecule has 1 aliphatic heterocycles. The van der Waals surface area contributed by atoms with Crippen LogP contribution in [0.15, 0.2) is 35.7 Å². The highest BCUT2D eigenvalue weighted by Crippen LogP contribution is 2.35. The summed E-state index contributed by atoms with van der Waals surface area (Å²) >= 11 is 13.0. The van der Waals surface area contributed by atoms with E-state index in [0.717, 1.165) is 37.3 Å². The lowest BCUT2D eigenvalue weighted by Gasteiger charge is -2.23. The lowest BCUT2D eigenvalue weighted by atomic mass is 10.2. The van der Waals surface area contributed by atoms with Gasteiger partial charge in [-0.25, -0.2) is 0 Å². The van der Waals surface area contributed by atoms with Crippen LogP contribution in [0.4, 0.5) is 11.4 Å². The normalized spacial score (nSPS) is 13.9. The summed E-state index contributed by atoms with van der Waals surface area (Å²) in [5.74, 6) is -0.206. The maximum atomic E-state index is 12.0. The van der Waals surface area contributed by atoms with Gasteiger partial charge in [0.05, 0.1) is 21.3 Å². The number of carbonyl (C=O) groups excluding carboxylic acids is 1. The van der Waals surface area contributed by atoms with E-state index in [0.29, 0.717) is 9.90 Å². The number of thiophene rings is 1. The van der Waals surface area contributed by atoms with Crippen LogP contribution >= 0.6 is 35.2 Å². The molecule has 0 saturated carbocycles. The number of carbonyl (C=O) groups is 1. The molecule has 3 rings (SSSR count). The number of hydrogen-bond donors (Lipinski definition) is 2. The molecule has 1 aliphatic rings. The lowest BCUT2D eigenvalue weighted by molar-refractivity contribution is 0.0981. The fraction of sp³-hybridized carbons (Fsp3) is 0.250. The minimum atomic E-state index is -0.206. The second-order valence-corrected chi connectivity index (χ2v) is 6.98. The summed E-state index contributed by atoms with van der Waals surface area (Å²) in [6.07, 6.45) is 2.31. The zero-order valence-corrected chi connectivity index (χ0v) is 14.7. The van der Waals surface area contributed by atoms with Crippen molar-refractivity contribution in [3.63, 3.8) is 0 Å². The van der Waals surface area contributed by atoms with Gasteiger partial charge in [0.2, 0.25) is 0 Å². The summed E-state index contributed by atoms with van der Waals surface area (Å²) in [6.45, 7) is 1.96. The highest BCUT2D eigenvalue weighted by atomic mass is 35.5. The molecule has 1 amide bonds. The number of halogens is 1. The first-order valence-electron chi connectivity index (χ1n) is 7.34. The molecule has 0 spiro atoms. The second kappa shape index (κ2) is 7.29. The van der Waals surface area contributed by atoms with Crippen LogP contribution in [0.5, 0.6) is 0 Å². The van der Waals surface area contributed by atoms with E-state index in [1.54, 1.807) is 6.07 Å². The molecule has 1 aromatic heterocycles. The number of nitrogens with one attached hydrogen (secondary N) is 2. The smallest absolute Gasteiger partial charge is 0.267 e. The van der Waals surface area contributed by atoms with Crippen LogP contribution in [-0.2, 0) is 0 Å². The summed E-state index contributed by atoms with van der Waals surface area (Å²) < 4.78 is 0. The molecule has 2 aromatic rings. The molecular formula is C16H16ClN3OS2. The number of anilines is 2. The van der Waals surface area contributed by atoms with Gasteiger partial charge in [0.15, 0.2) is 5.11 Å². The first-order chi connectivity index (χ1) is 11.1. The molecule has 1 fully saturated rings. The maximum Gasteiger partial charge on any atom is 0.267 e. The van der Waals surface area contributed by atoms with Crippen molar-refractivity contribution in [2.24, 2.45) is 0 Å². The number of para-hydroxylation sites is 1. The molecule has 2 heterocycles. The van der Waals surface area contributed by atoms with Crippen LogP contribution in [0.2, 0.25) is 5.02 Å². The predicted molar refractivity (Wildman–Crippen MR) is 101 cm³/mol. The largest absolute Gasteiger partial charge is 0.369 e. The molecule has 0 aliphatic carbocycles. The van der Waals surface area contributed by atoms with Crippen molar-refractivity contribution in [1.82, 2.24) is 5.32 Å². The summed E-state index contributed by atoms with van der Waals surface area (Å²) in [7, 11) is 0. The molecule has 1 aromatic carbocycles. The van der Waals surface area contributed by atoms with Crippen molar-refractivity contribution >= 4 is 57.5 Å². The van der Waals surface area contributed by atoms with Crippen molar-refractivity contribution in [2.45, 2.75) is 12.8 Å². The first kappa shape index (κ1) is 16.2. The van der Waals surface area contributed by atoms with E-state index in [1.165, 1.54) is 11.3 Å². The van der Waals surface area contributed by atoms with Crippen LogP contribution in [0.3, 0.4) is 0 Å². The Labute approximate surface area is 149 Å². The molecule has 0 atom stereocenters. The zero-order valence-electron chi connectivity index (χ0n) is 12.3. The number of thiocarbonyl (C=S) groups is 1. The zero-order chi connectivity index (χ0) is 16.2. The molecule has 1 saturated heterocycles. The third-order valence-corrected chi connectivity index (χ3v) is 5.01. The van der Waals surface area contributed by atoms with Gasteiger partial charge in [-0.15, -0.1) is 11.3 Å². The van der Waals surface area contributed by atoms with Gasteiger partial charge in [0, 0.05) is 13.1 Å². The van der Waals surface area contributed by atoms with Crippen LogP contribution in [0.1, 0.15) is 22.5 Å². The first-order valence-corrected chi connectivity index (χ1v) is 9.01. The SMILES string of the molecule is O=C(NC(=S)Nc1cccc(Cl)c1N1CCCC1)c1cccs1. The van der Waals surface area contributed by atoms with Crippen molar-refractivity contribution in [1.29, 1.82) is 0 Å². The molecule has 120 valence electrons. The number of amides is 1. The quantitative estimate of drug-likeness (QED) is 0.803. The monoisotopic (exact) mass is 365 g/mol. The highest BCUT2D eigenvalue weighted by Gasteiger charge is 2.19. The lowest BCUT2D eigenvalue weighted by Crippen LogP contribution is -2.34. The second-order valence-electron chi connectivity index (χ2n) is 5.22. The molecule has 7 heteroatoms. The van der Waals surface area contributed by atoms with Crippen molar-refractivity contribution in [3.8, 4) is 0 Å². The van der Waals surface area contributed by atoms with Gasteiger partial charge in [0.1, 0.15) is 0 Å². The number of rotatable bonds is 3. The van der Waals surface area contributed by atoms with E-state index in [-0.39, 0.29) is 11.0 Å². The average molecular weight is 366 g/mol. The summed E-state index contributed by atoms with van der Waals surface area (Å²) in [5.41, 5.74) is 1.76. The van der Waals surface area contributed by atoms with Gasteiger partial charge in [-0.3, -0.25) is 10.1 Å². The van der Waals surface area contributed by atoms with Gasteiger partial charge in [-0.2, -0.15) is 0 Å². The third-order valence-electron chi connectivity index (χ3n) is 3.63. The van der Waals surface area contributed by atoms with Crippen LogP contribution in [-0.4, -0.2) is 24.1 Å². The fourth-order valence-electron chi connectivity index (χ4n) is 2.60. The van der Waals surface area contributed by atoms with Crippen molar-refractivity contribution in [2.75, 3.05) is 23.3 Å². The van der Waals surface area contributed by atoms with E-state index in [2.05, 4.69) is 15.5 Å². The minimum absolute atomic E-state index is 0.206. The number of benzene rings is 1. The van der Waals surface area contributed by atoms with E-state index in [9.17, 15) is 4.79 Å². The Balaban J connectivity index is 1.73. The molecule has 2 N–H and O–H groups in total.